The quantitative estimate of drug-likeness (QED) is 0.908. The zero-order valence-corrected chi connectivity index (χ0v) is 12.3. The van der Waals surface area contributed by atoms with Crippen molar-refractivity contribution < 1.29 is 0 Å². The number of rotatable bonds is 3. The van der Waals surface area contributed by atoms with Crippen molar-refractivity contribution in [1.82, 2.24) is 14.9 Å². The molecular formula is C13H22N4S. The Morgan fingerprint density at radius 3 is 2.83 bits per heavy atom. The van der Waals surface area contributed by atoms with Gasteiger partial charge in [0.15, 0.2) is 0 Å². The molecule has 5 heteroatoms. The maximum Gasteiger partial charge on any atom is 0.144 e. The molecule has 0 saturated carbocycles. The van der Waals surface area contributed by atoms with Gasteiger partial charge in [0.1, 0.15) is 5.82 Å². The lowest BCUT2D eigenvalue weighted by Gasteiger charge is -2.22. The molecule has 2 rings (SSSR count). The first kappa shape index (κ1) is 13.6. The minimum atomic E-state index is 0.413. The molecule has 1 aromatic rings. The van der Waals surface area contributed by atoms with Crippen LogP contribution >= 0.6 is 11.8 Å². The summed E-state index contributed by atoms with van der Waals surface area (Å²) in [7, 11) is 1.86. The lowest BCUT2D eigenvalue weighted by molar-refractivity contribution is 0.273. The smallest absolute Gasteiger partial charge is 0.144 e. The van der Waals surface area contributed by atoms with Crippen molar-refractivity contribution in [3.63, 3.8) is 0 Å². The molecule has 0 amide bonds. The molecule has 0 radical (unpaired) electrons. The summed E-state index contributed by atoms with van der Waals surface area (Å²) in [6, 6.07) is 0. The monoisotopic (exact) mass is 266 g/mol. The average Bonchev–Trinajstić information content (AvgIpc) is 2.52. The Bertz CT molecular complexity index is 377. The molecule has 1 aliphatic heterocycles. The summed E-state index contributed by atoms with van der Waals surface area (Å²) in [4.78, 5) is 11.2. The zero-order valence-electron chi connectivity index (χ0n) is 11.4. The van der Waals surface area contributed by atoms with Gasteiger partial charge in [-0.15, -0.1) is 0 Å². The van der Waals surface area contributed by atoms with E-state index in [4.69, 9.17) is 0 Å². The lowest BCUT2D eigenvalue weighted by atomic mass is 10.1. The highest BCUT2D eigenvalue weighted by molar-refractivity contribution is 8.00. The summed E-state index contributed by atoms with van der Waals surface area (Å²) < 4.78 is 0.413. The van der Waals surface area contributed by atoms with Crippen LogP contribution in [0.5, 0.6) is 0 Å². The van der Waals surface area contributed by atoms with Crippen LogP contribution in [0.25, 0.3) is 0 Å². The highest BCUT2D eigenvalue weighted by Crippen LogP contribution is 2.30. The van der Waals surface area contributed by atoms with Gasteiger partial charge in [-0.05, 0) is 13.0 Å². The Kier molecular flexibility index (Phi) is 4.45. The molecule has 0 aromatic carbocycles. The van der Waals surface area contributed by atoms with Crippen molar-refractivity contribution in [2.75, 3.05) is 31.2 Å². The number of aromatic nitrogens is 2. The molecule has 0 atom stereocenters. The topological polar surface area (TPSA) is 41.1 Å². The first-order chi connectivity index (χ1) is 8.59. The van der Waals surface area contributed by atoms with Crippen LogP contribution in [0.15, 0.2) is 12.4 Å². The van der Waals surface area contributed by atoms with E-state index in [0.29, 0.717) is 4.75 Å². The first-order valence-electron chi connectivity index (χ1n) is 6.44. The van der Waals surface area contributed by atoms with E-state index in [1.165, 1.54) is 12.2 Å². The van der Waals surface area contributed by atoms with Crippen molar-refractivity contribution in [2.45, 2.75) is 31.6 Å². The van der Waals surface area contributed by atoms with Crippen molar-refractivity contribution >= 4 is 17.6 Å². The summed E-state index contributed by atoms with van der Waals surface area (Å²) in [6.45, 7) is 7.87. The molecular weight excluding hydrogens is 244 g/mol. The summed E-state index contributed by atoms with van der Waals surface area (Å²) in [5, 5.41) is 2.99. The number of nitrogens with zero attached hydrogens (tertiary/aromatic N) is 3. The van der Waals surface area contributed by atoms with Gasteiger partial charge in [0.2, 0.25) is 0 Å². The second-order valence-corrected chi connectivity index (χ2v) is 7.08. The SMILES string of the molecule is CNc1cnc(CN2CCSC(C)(C)CC2)cn1. The van der Waals surface area contributed by atoms with Crippen LogP contribution in [0.1, 0.15) is 26.0 Å². The van der Waals surface area contributed by atoms with E-state index in [1.807, 2.05) is 13.2 Å². The predicted octanol–water partition coefficient (Wildman–Crippen LogP) is 2.24. The maximum atomic E-state index is 4.44. The summed E-state index contributed by atoms with van der Waals surface area (Å²) in [5.74, 6) is 2.03. The number of anilines is 1. The Labute approximate surface area is 114 Å². The molecule has 2 heterocycles. The third-order valence-corrected chi connectivity index (χ3v) is 4.65. The Morgan fingerprint density at radius 2 is 2.17 bits per heavy atom. The molecule has 0 aliphatic carbocycles. The number of hydrogen-bond donors (Lipinski definition) is 1. The van der Waals surface area contributed by atoms with Gasteiger partial charge in [0, 0.05) is 30.6 Å². The largest absolute Gasteiger partial charge is 0.372 e. The molecule has 1 saturated heterocycles. The van der Waals surface area contributed by atoms with E-state index >= 15 is 0 Å². The number of nitrogens with one attached hydrogen (secondary N) is 1. The van der Waals surface area contributed by atoms with Crippen molar-refractivity contribution in [3.05, 3.63) is 18.1 Å². The van der Waals surface area contributed by atoms with Gasteiger partial charge in [0.25, 0.3) is 0 Å². The third-order valence-electron chi connectivity index (χ3n) is 3.28. The molecule has 18 heavy (non-hydrogen) atoms. The summed E-state index contributed by atoms with van der Waals surface area (Å²) in [5.41, 5.74) is 1.05. The second-order valence-electron chi connectivity index (χ2n) is 5.28. The van der Waals surface area contributed by atoms with Crippen LogP contribution in [0, 0.1) is 0 Å². The van der Waals surface area contributed by atoms with Crippen molar-refractivity contribution in [3.8, 4) is 0 Å². The van der Waals surface area contributed by atoms with Crippen LogP contribution in [0.2, 0.25) is 0 Å². The number of hydrogen-bond acceptors (Lipinski definition) is 5. The van der Waals surface area contributed by atoms with Gasteiger partial charge < -0.3 is 5.32 Å². The summed E-state index contributed by atoms with van der Waals surface area (Å²) in [6.07, 6.45) is 4.90. The average molecular weight is 266 g/mol. The first-order valence-corrected chi connectivity index (χ1v) is 7.43. The minimum absolute atomic E-state index is 0.413. The van der Waals surface area contributed by atoms with E-state index in [-0.39, 0.29) is 0 Å². The van der Waals surface area contributed by atoms with E-state index < -0.39 is 0 Å². The Hall–Kier alpha value is -0.810. The van der Waals surface area contributed by atoms with Crippen LogP contribution in [0.3, 0.4) is 0 Å². The molecule has 0 bridgehead atoms. The second kappa shape index (κ2) is 5.89. The normalized spacial score (nSPS) is 20.4. The fourth-order valence-electron chi connectivity index (χ4n) is 2.02. The lowest BCUT2D eigenvalue weighted by Crippen LogP contribution is -2.27. The fraction of sp³-hybridized carbons (Fsp3) is 0.692. The predicted molar refractivity (Wildman–Crippen MR) is 78.0 cm³/mol. The zero-order chi connectivity index (χ0) is 13.0. The Balaban J connectivity index is 1.92. The molecule has 1 aliphatic rings. The van der Waals surface area contributed by atoms with Crippen LogP contribution in [0.4, 0.5) is 5.82 Å². The van der Waals surface area contributed by atoms with E-state index in [1.54, 1.807) is 6.20 Å². The standard InChI is InChI=1S/C13H22N4S/c1-13(2)4-5-17(6-7-18-13)10-11-8-16-12(14-3)9-15-11/h8-9H,4-7,10H2,1-3H3,(H,14,16). The number of thioether (sulfide) groups is 1. The highest BCUT2D eigenvalue weighted by atomic mass is 32.2. The van der Waals surface area contributed by atoms with Gasteiger partial charge in [0.05, 0.1) is 18.1 Å². The van der Waals surface area contributed by atoms with Gasteiger partial charge in [-0.1, -0.05) is 13.8 Å². The summed E-state index contributed by atoms with van der Waals surface area (Å²) >= 11 is 2.07. The van der Waals surface area contributed by atoms with Crippen molar-refractivity contribution in [2.24, 2.45) is 0 Å². The third kappa shape index (κ3) is 3.85. The van der Waals surface area contributed by atoms with Crippen molar-refractivity contribution in [1.29, 1.82) is 0 Å². The van der Waals surface area contributed by atoms with E-state index in [2.05, 4.69) is 45.8 Å². The van der Waals surface area contributed by atoms with Crippen LogP contribution < -0.4 is 5.32 Å². The molecule has 1 fully saturated rings. The molecule has 100 valence electrons. The van der Waals surface area contributed by atoms with E-state index in [0.717, 1.165) is 31.1 Å². The Morgan fingerprint density at radius 1 is 1.33 bits per heavy atom. The molecule has 1 N–H and O–H groups in total. The van der Waals surface area contributed by atoms with Crippen LogP contribution in [-0.2, 0) is 6.54 Å². The van der Waals surface area contributed by atoms with Gasteiger partial charge in [-0.25, -0.2) is 4.98 Å². The van der Waals surface area contributed by atoms with Crippen LogP contribution in [-0.4, -0.2) is 45.5 Å². The minimum Gasteiger partial charge on any atom is -0.372 e. The van der Waals surface area contributed by atoms with Gasteiger partial charge in [-0.2, -0.15) is 11.8 Å². The maximum absolute atomic E-state index is 4.44. The molecule has 0 unspecified atom stereocenters. The molecule has 4 nitrogen and oxygen atoms in total. The van der Waals surface area contributed by atoms with Gasteiger partial charge >= 0.3 is 0 Å². The fourth-order valence-corrected chi connectivity index (χ4v) is 3.15. The highest BCUT2D eigenvalue weighted by Gasteiger charge is 2.23. The van der Waals surface area contributed by atoms with E-state index in [9.17, 15) is 0 Å². The molecule has 1 aromatic heterocycles. The van der Waals surface area contributed by atoms with Gasteiger partial charge in [-0.3, -0.25) is 9.88 Å². The molecule has 0 spiro atoms.